The number of carboxylic acids is 1. The first-order valence-electron chi connectivity index (χ1n) is 8.66. The Bertz CT molecular complexity index is 698. The van der Waals surface area contributed by atoms with Gasteiger partial charge in [0.25, 0.3) is 0 Å². The highest BCUT2D eigenvalue weighted by atomic mass is 32.1. The Morgan fingerprint density at radius 3 is 2.60 bits per heavy atom. The number of piperidine rings is 1. The van der Waals surface area contributed by atoms with E-state index in [0.29, 0.717) is 17.2 Å². The number of rotatable bonds is 5. The second-order valence-corrected chi connectivity index (χ2v) is 7.93. The lowest BCUT2D eigenvalue weighted by Gasteiger charge is -2.32. The average molecular weight is 365 g/mol. The van der Waals surface area contributed by atoms with Crippen LogP contribution in [0.2, 0.25) is 0 Å². The summed E-state index contributed by atoms with van der Waals surface area (Å²) < 4.78 is 0. The fourth-order valence-electron chi connectivity index (χ4n) is 3.17. The van der Waals surface area contributed by atoms with Gasteiger partial charge in [-0.1, -0.05) is 0 Å². The molecule has 2 aliphatic rings. The molecule has 2 amide bonds. The van der Waals surface area contributed by atoms with Crippen molar-refractivity contribution in [3.63, 3.8) is 0 Å². The summed E-state index contributed by atoms with van der Waals surface area (Å²) in [5.41, 5.74) is 0.465. The van der Waals surface area contributed by atoms with Crippen molar-refractivity contribution in [3.8, 4) is 0 Å². The van der Waals surface area contributed by atoms with Crippen molar-refractivity contribution in [2.75, 3.05) is 13.1 Å². The van der Waals surface area contributed by atoms with Crippen molar-refractivity contribution < 1.29 is 19.5 Å². The third kappa shape index (κ3) is 4.00. The molecule has 1 aromatic rings. The lowest BCUT2D eigenvalue weighted by atomic mass is 9.96. The SMILES string of the molecule is Cc1nc(C(C)NC(=O)C2CCCN(C(=O)C3CC3)C2)sc1C(=O)O. The average Bonchev–Trinajstić information content (AvgIpc) is 3.35. The lowest BCUT2D eigenvalue weighted by molar-refractivity contribution is -0.137. The number of carbonyl (C=O) groups excluding carboxylic acids is 2. The zero-order chi connectivity index (χ0) is 18.1. The van der Waals surface area contributed by atoms with Crippen LogP contribution in [0, 0.1) is 18.8 Å². The van der Waals surface area contributed by atoms with Gasteiger partial charge in [0.05, 0.1) is 17.7 Å². The van der Waals surface area contributed by atoms with E-state index in [1.807, 2.05) is 4.90 Å². The normalized spacial score (nSPS) is 21.7. The highest BCUT2D eigenvalue weighted by Crippen LogP contribution is 2.32. The van der Waals surface area contributed by atoms with Crippen LogP contribution < -0.4 is 5.32 Å². The van der Waals surface area contributed by atoms with E-state index in [0.717, 1.165) is 43.6 Å². The summed E-state index contributed by atoms with van der Waals surface area (Å²) in [6.45, 7) is 4.67. The van der Waals surface area contributed by atoms with E-state index < -0.39 is 5.97 Å². The maximum Gasteiger partial charge on any atom is 0.347 e. The van der Waals surface area contributed by atoms with E-state index in [-0.39, 0.29) is 34.6 Å². The van der Waals surface area contributed by atoms with Crippen LogP contribution in [0.5, 0.6) is 0 Å². The number of aryl methyl sites for hydroxylation is 1. The molecule has 136 valence electrons. The molecule has 1 aliphatic carbocycles. The number of amides is 2. The van der Waals surface area contributed by atoms with E-state index in [2.05, 4.69) is 10.3 Å². The molecular weight excluding hydrogens is 342 g/mol. The van der Waals surface area contributed by atoms with E-state index in [1.54, 1.807) is 13.8 Å². The fourth-order valence-corrected chi connectivity index (χ4v) is 4.08. The first-order chi connectivity index (χ1) is 11.9. The quantitative estimate of drug-likeness (QED) is 0.831. The maximum absolute atomic E-state index is 12.6. The minimum Gasteiger partial charge on any atom is -0.477 e. The van der Waals surface area contributed by atoms with Crippen molar-refractivity contribution in [1.82, 2.24) is 15.2 Å². The highest BCUT2D eigenvalue weighted by Gasteiger charge is 2.37. The number of aromatic carboxylic acids is 1. The second-order valence-electron chi connectivity index (χ2n) is 6.90. The Morgan fingerprint density at radius 2 is 2.00 bits per heavy atom. The van der Waals surface area contributed by atoms with Crippen molar-refractivity contribution in [2.45, 2.75) is 45.6 Å². The van der Waals surface area contributed by atoms with Gasteiger partial charge in [-0.3, -0.25) is 9.59 Å². The van der Waals surface area contributed by atoms with Gasteiger partial charge in [-0.2, -0.15) is 0 Å². The van der Waals surface area contributed by atoms with E-state index >= 15 is 0 Å². The highest BCUT2D eigenvalue weighted by molar-refractivity contribution is 7.13. The zero-order valence-corrected chi connectivity index (χ0v) is 15.3. The van der Waals surface area contributed by atoms with Crippen LogP contribution in [0.1, 0.15) is 59.0 Å². The van der Waals surface area contributed by atoms with Crippen LogP contribution in [0.4, 0.5) is 0 Å². The van der Waals surface area contributed by atoms with Gasteiger partial charge in [-0.25, -0.2) is 9.78 Å². The van der Waals surface area contributed by atoms with Crippen LogP contribution in [-0.4, -0.2) is 45.9 Å². The number of thiazole rings is 1. The van der Waals surface area contributed by atoms with Gasteiger partial charge in [0.2, 0.25) is 11.8 Å². The van der Waals surface area contributed by atoms with Crippen molar-refractivity contribution in [2.24, 2.45) is 11.8 Å². The van der Waals surface area contributed by atoms with Crippen LogP contribution in [0.3, 0.4) is 0 Å². The minimum atomic E-state index is -0.999. The Kier molecular flexibility index (Phi) is 5.08. The maximum atomic E-state index is 12.6. The molecule has 3 rings (SSSR count). The summed E-state index contributed by atoms with van der Waals surface area (Å²) in [7, 11) is 0. The predicted octanol–water partition coefficient (Wildman–Crippen LogP) is 1.98. The molecule has 1 saturated heterocycles. The molecule has 0 aromatic carbocycles. The molecule has 2 heterocycles. The summed E-state index contributed by atoms with van der Waals surface area (Å²) in [5, 5.41) is 12.6. The molecule has 0 spiro atoms. The van der Waals surface area contributed by atoms with Crippen LogP contribution in [0.15, 0.2) is 0 Å². The summed E-state index contributed by atoms with van der Waals surface area (Å²) in [4.78, 5) is 42.2. The Morgan fingerprint density at radius 1 is 1.28 bits per heavy atom. The molecule has 2 atom stereocenters. The van der Waals surface area contributed by atoms with Gasteiger partial charge < -0.3 is 15.3 Å². The first kappa shape index (κ1) is 17.8. The van der Waals surface area contributed by atoms with Crippen molar-refractivity contribution >= 4 is 29.1 Å². The van der Waals surface area contributed by atoms with E-state index in [1.165, 1.54) is 0 Å². The molecule has 0 bridgehead atoms. The third-order valence-electron chi connectivity index (χ3n) is 4.77. The first-order valence-corrected chi connectivity index (χ1v) is 9.48. The Balaban J connectivity index is 1.60. The summed E-state index contributed by atoms with van der Waals surface area (Å²) in [6.07, 6.45) is 3.55. The standard InChI is InChI=1S/C17H23N3O4S/c1-9-13(17(23)24)25-15(19-9)10(2)18-14(21)12-4-3-7-20(8-12)16(22)11-5-6-11/h10-12H,3-8H2,1-2H3,(H,18,21)(H,23,24). The largest absolute Gasteiger partial charge is 0.477 e. The molecule has 1 aromatic heterocycles. The molecular formula is C17H23N3O4S. The molecule has 2 fully saturated rings. The lowest BCUT2D eigenvalue weighted by Crippen LogP contribution is -2.46. The number of nitrogens with zero attached hydrogens (tertiary/aromatic N) is 2. The second kappa shape index (κ2) is 7.11. The number of nitrogens with one attached hydrogen (secondary N) is 1. The van der Waals surface area contributed by atoms with Gasteiger partial charge in [0.1, 0.15) is 9.88 Å². The van der Waals surface area contributed by atoms with Crippen molar-refractivity contribution in [3.05, 3.63) is 15.6 Å². The number of carboxylic acid groups (broad SMARTS) is 1. The third-order valence-corrected chi connectivity index (χ3v) is 6.10. The fraction of sp³-hybridized carbons (Fsp3) is 0.647. The summed E-state index contributed by atoms with van der Waals surface area (Å²) >= 11 is 1.09. The van der Waals surface area contributed by atoms with Gasteiger partial charge in [-0.15, -0.1) is 11.3 Å². The van der Waals surface area contributed by atoms with Gasteiger partial charge in [0, 0.05) is 19.0 Å². The Labute approximate surface area is 150 Å². The number of hydrogen-bond donors (Lipinski definition) is 2. The van der Waals surface area contributed by atoms with Crippen molar-refractivity contribution in [1.29, 1.82) is 0 Å². The summed E-state index contributed by atoms with van der Waals surface area (Å²) in [6, 6.07) is -0.348. The minimum absolute atomic E-state index is 0.0921. The van der Waals surface area contributed by atoms with Gasteiger partial charge in [0.15, 0.2) is 0 Å². The molecule has 2 unspecified atom stereocenters. The molecule has 0 radical (unpaired) electrons. The van der Waals surface area contributed by atoms with E-state index in [9.17, 15) is 14.4 Å². The molecule has 7 nitrogen and oxygen atoms in total. The van der Waals surface area contributed by atoms with Gasteiger partial charge >= 0.3 is 5.97 Å². The monoisotopic (exact) mass is 365 g/mol. The molecule has 1 aliphatic heterocycles. The zero-order valence-electron chi connectivity index (χ0n) is 14.4. The topological polar surface area (TPSA) is 99.6 Å². The Hall–Kier alpha value is -1.96. The number of likely N-dealkylation sites (tertiary alicyclic amines) is 1. The van der Waals surface area contributed by atoms with E-state index in [4.69, 9.17) is 5.11 Å². The van der Waals surface area contributed by atoms with Crippen LogP contribution >= 0.6 is 11.3 Å². The number of carbonyl (C=O) groups is 3. The van der Waals surface area contributed by atoms with Crippen LogP contribution in [0.25, 0.3) is 0 Å². The van der Waals surface area contributed by atoms with Crippen LogP contribution in [-0.2, 0) is 9.59 Å². The smallest absolute Gasteiger partial charge is 0.347 e. The number of aromatic nitrogens is 1. The molecule has 2 N–H and O–H groups in total. The molecule has 8 heteroatoms. The number of hydrogen-bond acceptors (Lipinski definition) is 5. The molecule has 1 saturated carbocycles. The molecule has 25 heavy (non-hydrogen) atoms. The predicted molar refractivity (Wildman–Crippen MR) is 92.4 cm³/mol. The summed E-state index contributed by atoms with van der Waals surface area (Å²) in [5.74, 6) is -0.939. The van der Waals surface area contributed by atoms with Gasteiger partial charge in [-0.05, 0) is 39.5 Å².